The van der Waals surface area contributed by atoms with Crippen LogP contribution in [-0.2, 0) is 6.42 Å². The monoisotopic (exact) mass is 426 g/mol. The maximum Gasteiger partial charge on any atom is 0.138 e. The number of fused-ring (bicyclic) bond motifs is 1. The van der Waals surface area contributed by atoms with Gasteiger partial charge < -0.3 is 0 Å². The first-order valence-corrected chi connectivity index (χ1v) is 12.2. The number of aryl methyl sites for hydroxylation is 1. The molecule has 0 unspecified atom stereocenters. The summed E-state index contributed by atoms with van der Waals surface area (Å²) in [5.74, 6) is 1.67. The van der Waals surface area contributed by atoms with Crippen LogP contribution in [0.5, 0.6) is 0 Å². The van der Waals surface area contributed by atoms with Crippen molar-refractivity contribution < 1.29 is 4.39 Å². The Kier molecular flexibility index (Phi) is 7.58. The molecule has 0 bridgehead atoms. The number of rotatable bonds is 8. The van der Waals surface area contributed by atoms with E-state index in [1.165, 1.54) is 62.5 Å². The molecule has 0 heterocycles. The Bertz CT molecular complexity index is 1070. The SMILES string of the molecule is C=CCCC1CCC(CCc2ccc(-c3ccc4c(F)c(/C=C/C)ccc4c3)cc2)CC1. The number of hydrogen-bond acceptors (Lipinski definition) is 0. The molecule has 1 heteroatoms. The van der Waals surface area contributed by atoms with Gasteiger partial charge in [0, 0.05) is 10.9 Å². The highest BCUT2D eigenvalue weighted by Gasteiger charge is 2.20. The third-order valence-electron chi connectivity index (χ3n) is 7.20. The van der Waals surface area contributed by atoms with E-state index in [0.717, 1.165) is 22.8 Å². The van der Waals surface area contributed by atoms with Gasteiger partial charge in [0.1, 0.15) is 5.82 Å². The largest absolute Gasteiger partial charge is 0.206 e. The van der Waals surface area contributed by atoms with Gasteiger partial charge in [-0.2, -0.15) is 0 Å². The highest BCUT2D eigenvalue weighted by molar-refractivity contribution is 5.89. The molecule has 0 atom stereocenters. The van der Waals surface area contributed by atoms with Crippen LogP contribution in [0.3, 0.4) is 0 Å². The maximum absolute atomic E-state index is 14.7. The highest BCUT2D eigenvalue weighted by atomic mass is 19.1. The first-order valence-electron chi connectivity index (χ1n) is 12.2. The van der Waals surface area contributed by atoms with Crippen LogP contribution < -0.4 is 0 Å². The van der Waals surface area contributed by atoms with Gasteiger partial charge in [0.15, 0.2) is 0 Å². The van der Waals surface area contributed by atoms with Crippen molar-refractivity contribution in [3.63, 3.8) is 0 Å². The van der Waals surface area contributed by atoms with Gasteiger partial charge in [-0.15, -0.1) is 6.58 Å². The molecule has 4 rings (SSSR count). The average molecular weight is 427 g/mol. The number of benzene rings is 3. The predicted molar refractivity (Wildman–Crippen MR) is 137 cm³/mol. The van der Waals surface area contributed by atoms with Crippen LogP contribution in [-0.4, -0.2) is 0 Å². The number of allylic oxidation sites excluding steroid dienone is 2. The van der Waals surface area contributed by atoms with Crippen molar-refractivity contribution in [2.24, 2.45) is 11.8 Å². The van der Waals surface area contributed by atoms with Crippen LogP contribution in [0.1, 0.15) is 63.0 Å². The number of hydrogen-bond donors (Lipinski definition) is 0. The molecular formula is C31H35F. The zero-order valence-corrected chi connectivity index (χ0v) is 19.3. The summed E-state index contributed by atoms with van der Waals surface area (Å²) in [5.41, 5.74) is 4.39. The number of halogens is 1. The van der Waals surface area contributed by atoms with Gasteiger partial charge in [-0.05, 0) is 72.6 Å². The molecule has 0 N–H and O–H groups in total. The van der Waals surface area contributed by atoms with E-state index in [4.69, 9.17) is 0 Å². The summed E-state index contributed by atoms with van der Waals surface area (Å²) in [6.45, 7) is 5.77. The molecule has 0 radical (unpaired) electrons. The maximum atomic E-state index is 14.7. The fourth-order valence-electron chi connectivity index (χ4n) is 5.19. The van der Waals surface area contributed by atoms with Crippen molar-refractivity contribution in [2.45, 2.75) is 58.3 Å². The van der Waals surface area contributed by atoms with E-state index in [0.29, 0.717) is 10.9 Å². The molecule has 1 saturated carbocycles. The molecule has 1 aliphatic carbocycles. The molecule has 0 spiro atoms. The second kappa shape index (κ2) is 10.8. The molecule has 32 heavy (non-hydrogen) atoms. The molecule has 1 fully saturated rings. The second-order valence-electron chi connectivity index (χ2n) is 9.39. The molecule has 166 valence electrons. The molecular weight excluding hydrogens is 391 g/mol. The molecule has 1 aliphatic rings. The van der Waals surface area contributed by atoms with Crippen LogP contribution in [0.15, 0.2) is 73.3 Å². The summed E-state index contributed by atoms with van der Waals surface area (Å²) >= 11 is 0. The first-order chi connectivity index (χ1) is 15.7. The van der Waals surface area contributed by atoms with Crippen LogP contribution in [0.4, 0.5) is 4.39 Å². The van der Waals surface area contributed by atoms with Gasteiger partial charge in [0.2, 0.25) is 0 Å². The van der Waals surface area contributed by atoms with Crippen molar-refractivity contribution in [2.75, 3.05) is 0 Å². The normalized spacial score (nSPS) is 18.9. The Balaban J connectivity index is 1.37. The minimum absolute atomic E-state index is 0.141. The molecule has 0 nitrogen and oxygen atoms in total. The zero-order chi connectivity index (χ0) is 22.3. The summed E-state index contributed by atoms with van der Waals surface area (Å²) in [6.07, 6.45) is 16.3. The quantitative estimate of drug-likeness (QED) is 0.315. The molecule has 3 aromatic carbocycles. The summed E-state index contributed by atoms with van der Waals surface area (Å²) < 4.78 is 14.7. The Morgan fingerprint density at radius 2 is 1.56 bits per heavy atom. The summed E-state index contributed by atoms with van der Waals surface area (Å²) in [6, 6.07) is 18.9. The lowest BCUT2D eigenvalue weighted by atomic mass is 9.78. The first kappa shape index (κ1) is 22.5. The zero-order valence-electron chi connectivity index (χ0n) is 19.3. The fourth-order valence-corrected chi connectivity index (χ4v) is 5.19. The average Bonchev–Trinajstić information content (AvgIpc) is 2.84. The third-order valence-corrected chi connectivity index (χ3v) is 7.20. The van der Waals surface area contributed by atoms with E-state index < -0.39 is 0 Å². The Hall–Kier alpha value is -2.67. The van der Waals surface area contributed by atoms with Gasteiger partial charge in [-0.3, -0.25) is 0 Å². The van der Waals surface area contributed by atoms with Gasteiger partial charge in [0.25, 0.3) is 0 Å². The van der Waals surface area contributed by atoms with Gasteiger partial charge in [0.05, 0.1) is 0 Å². The van der Waals surface area contributed by atoms with E-state index >= 15 is 0 Å². The van der Waals surface area contributed by atoms with E-state index in [-0.39, 0.29) is 5.82 Å². The van der Waals surface area contributed by atoms with Gasteiger partial charge >= 0.3 is 0 Å². The highest BCUT2D eigenvalue weighted by Crippen LogP contribution is 2.34. The van der Waals surface area contributed by atoms with Crippen LogP contribution in [0, 0.1) is 17.7 Å². The molecule has 3 aromatic rings. The summed E-state index contributed by atoms with van der Waals surface area (Å²) in [4.78, 5) is 0. The van der Waals surface area contributed by atoms with Crippen molar-refractivity contribution in [3.05, 3.63) is 90.3 Å². The predicted octanol–water partition coefficient (Wildman–Crippen LogP) is 9.38. The van der Waals surface area contributed by atoms with Crippen LogP contribution >= 0.6 is 0 Å². The molecule has 0 saturated heterocycles. The minimum atomic E-state index is -0.141. The van der Waals surface area contributed by atoms with E-state index in [1.807, 2.05) is 43.3 Å². The van der Waals surface area contributed by atoms with E-state index in [2.05, 4.69) is 43.0 Å². The standard InChI is InChI=1S/C31H35F/c1-3-5-7-23-8-10-24(11-9-23)12-13-25-14-16-26(17-15-25)28-20-21-30-29(22-28)19-18-27(6-4-2)31(30)32/h3-4,6,14-24H,1,5,7-13H2,2H3/b6-4+. The van der Waals surface area contributed by atoms with Crippen LogP contribution in [0.2, 0.25) is 0 Å². The molecule has 0 aliphatic heterocycles. The fraction of sp³-hybridized carbons (Fsp3) is 0.355. The summed E-state index contributed by atoms with van der Waals surface area (Å²) in [7, 11) is 0. The van der Waals surface area contributed by atoms with Crippen molar-refractivity contribution >= 4 is 16.8 Å². The Morgan fingerprint density at radius 1 is 0.875 bits per heavy atom. The summed E-state index contributed by atoms with van der Waals surface area (Å²) in [5, 5.41) is 1.63. The Labute approximate surface area is 192 Å². The van der Waals surface area contributed by atoms with Gasteiger partial charge in [-0.25, -0.2) is 4.39 Å². The third kappa shape index (κ3) is 5.38. The topological polar surface area (TPSA) is 0 Å². The van der Waals surface area contributed by atoms with Gasteiger partial charge in [-0.1, -0.05) is 92.4 Å². The minimum Gasteiger partial charge on any atom is -0.206 e. The Morgan fingerprint density at radius 3 is 2.25 bits per heavy atom. The van der Waals surface area contributed by atoms with Crippen molar-refractivity contribution in [3.8, 4) is 11.1 Å². The lowest BCUT2D eigenvalue weighted by molar-refractivity contribution is 0.254. The second-order valence-corrected chi connectivity index (χ2v) is 9.39. The van der Waals surface area contributed by atoms with E-state index in [9.17, 15) is 4.39 Å². The van der Waals surface area contributed by atoms with Crippen LogP contribution in [0.25, 0.3) is 28.0 Å². The van der Waals surface area contributed by atoms with E-state index in [1.54, 1.807) is 0 Å². The molecule has 0 aromatic heterocycles. The lowest BCUT2D eigenvalue weighted by Crippen LogP contribution is -2.15. The lowest BCUT2D eigenvalue weighted by Gasteiger charge is -2.28. The molecule has 0 amide bonds. The van der Waals surface area contributed by atoms with Crippen molar-refractivity contribution in [1.82, 2.24) is 0 Å². The smallest absolute Gasteiger partial charge is 0.138 e. The van der Waals surface area contributed by atoms with Crippen molar-refractivity contribution in [1.29, 1.82) is 0 Å².